The number of benzene rings is 2. The first kappa shape index (κ1) is 20.6. The summed E-state index contributed by atoms with van der Waals surface area (Å²) in [5.41, 5.74) is 3.15. The molecular weight excluding hydrogens is 442 g/mol. The Morgan fingerprint density at radius 2 is 2.10 bits per heavy atom. The Kier molecular flexibility index (Phi) is 5.94. The van der Waals surface area contributed by atoms with Crippen LogP contribution in [0.3, 0.4) is 0 Å². The van der Waals surface area contributed by atoms with E-state index < -0.39 is 5.25 Å². The molecule has 2 heterocycles. The first-order valence-corrected chi connectivity index (χ1v) is 11.2. The molecule has 0 radical (unpaired) electrons. The van der Waals surface area contributed by atoms with E-state index in [0.717, 1.165) is 11.3 Å². The number of aromatic nitrogens is 2. The molecule has 3 aromatic rings. The van der Waals surface area contributed by atoms with Gasteiger partial charge in [-0.05, 0) is 43.7 Å². The largest absolute Gasteiger partial charge is 0.330 e. The van der Waals surface area contributed by atoms with Gasteiger partial charge in [0.2, 0.25) is 16.9 Å². The van der Waals surface area contributed by atoms with Crippen LogP contribution in [0.5, 0.6) is 0 Å². The number of aryl methyl sites for hydroxylation is 1. The number of anilines is 4. The van der Waals surface area contributed by atoms with Gasteiger partial charge in [-0.1, -0.05) is 52.9 Å². The second kappa shape index (κ2) is 8.63. The lowest BCUT2D eigenvalue weighted by Crippen LogP contribution is -2.45. The lowest BCUT2D eigenvalue weighted by molar-refractivity contribution is -0.121. The number of halogens is 1. The number of carbonyl (C=O) groups is 2. The quantitative estimate of drug-likeness (QED) is 0.537. The van der Waals surface area contributed by atoms with E-state index in [1.54, 1.807) is 13.0 Å². The van der Waals surface area contributed by atoms with E-state index in [1.807, 2.05) is 43.3 Å². The van der Waals surface area contributed by atoms with Crippen molar-refractivity contribution in [1.82, 2.24) is 10.2 Å². The molecule has 1 atom stereocenters. The van der Waals surface area contributed by atoms with Crippen molar-refractivity contribution < 1.29 is 9.59 Å². The highest BCUT2D eigenvalue weighted by Crippen LogP contribution is 2.34. The van der Waals surface area contributed by atoms with Crippen molar-refractivity contribution in [3.8, 4) is 0 Å². The van der Waals surface area contributed by atoms with Crippen molar-refractivity contribution in [2.24, 2.45) is 0 Å². The van der Waals surface area contributed by atoms with Crippen molar-refractivity contribution in [3.05, 3.63) is 53.1 Å². The monoisotopic (exact) mass is 459 g/mol. The smallest absolute Gasteiger partial charge is 0.244 e. The van der Waals surface area contributed by atoms with E-state index in [0.29, 0.717) is 25.9 Å². The molecule has 0 saturated carbocycles. The minimum absolute atomic E-state index is 0.00213. The lowest BCUT2D eigenvalue weighted by atomic mass is 10.2. The van der Waals surface area contributed by atoms with Gasteiger partial charge in [0.15, 0.2) is 4.34 Å². The predicted molar refractivity (Wildman–Crippen MR) is 122 cm³/mol. The average molecular weight is 460 g/mol. The summed E-state index contributed by atoms with van der Waals surface area (Å²) in [6.45, 7) is 3.74. The average Bonchev–Trinajstić information content (AvgIpc) is 3.16. The van der Waals surface area contributed by atoms with Crippen LogP contribution in [-0.4, -0.2) is 33.8 Å². The molecule has 2 amide bonds. The second-order valence-electron chi connectivity index (χ2n) is 6.71. The van der Waals surface area contributed by atoms with E-state index in [2.05, 4.69) is 20.8 Å². The molecular formula is C20H18ClN5O2S2. The van der Waals surface area contributed by atoms with Crippen molar-refractivity contribution in [3.63, 3.8) is 0 Å². The molecule has 1 aromatic heterocycles. The van der Waals surface area contributed by atoms with Crippen LogP contribution in [0.2, 0.25) is 5.02 Å². The number of carbonyl (C=O) groups excluding carboxylic acids is 2. The van der Waals surface area contributed by atoms with Gasteiger partial charge in [0, 0.05) is 10.7 Å². The van der Waals surface area contributed by atoms with Crippen LogP contribution in [0.15, 0.2) is 46.8 Å². The number of hydrogen-bond acceptors (Lipinski definition) is 7. The molecule has 0 spiro atoms. The van der Waals surface area contributed by atoms with Gasteiger partial charge in [0.25, 0.3) is 0 Å². The van der Waals surface area contributed by atoms with Gasteiger partial charge in [-0.3, -0.25) is 14.5 Å². The van der Waals surface area contributed by atoms with E-state index in [-0.39, 0.29) is 18.4 Å². The Labute approximate surface area is 186 Å². The number of nitrogens with one attached hydrogen (secondary N) is 2. The predicted octanol–water partition coefficient (Wildman–Crippen LogP) is 4.71. The van der Waals surface area contributed by atoms with E-state index in [9.17, 15) is 9.59 Å². The SMILES string of the molecule is Cc1ccc(Nc2nnc(SC(C)C(=O)N3CC(=O)Nc4ccccc43)s2)cc1Cl. The highest BCUT2D eigenvalue weighted by molar-refractivity contribution is 8.02. The fourth-order valence-electron chi connectivity index (χ4n) is 2.95. The molecule has 0 saturated heterocycles. The summed E-state index contributed by atoms with van der Waals surface area (Å²) in [5, 5.41) is 15.1. The maximum atomic E-state index is 13.0. The van der Waals surface area contributed by atoms with Crippen molar-refractivity contribution in [2.75, 3.05) is 22.1 Å². The van der Waals surface area contributed by atoms with Gasteiger partial charge in [-0.25, -0.2) is 0 Å². The van der Waals surface area contributed by atoms with E-state index in [1.165, 1.54) is 28.0 Å². The highest BCUT2D eigenvalue weighted by Gasteiger charge is 2.30. The number of amides is 2. The van der Waals surface area contributed by atoms with Crippen LogP contribution >= 0.6 is 34.7 Å². The molecule has 7 nitrogen and oxygen atoms in total. The Morgan fingerprint density at radius 3 is 2.90 bits per heavy atom. The number of para-hydroxylation sites is 2. The third-order valence-corrected chi connectivity index (χ3v) is 6.91. The molecule has 2 aromatic carbocycles. The third kappa shape index (κ3) is 4.43. The molecule has 0 fully saturated rings. The molecule has 4 rings (SSSR count). The van der Waals surface area contributed by atoms with Crippen LogP contribution in [0.4, 0.5) is 22.2 Å². The van der Waals surface area contributed by atoms with Gasteiger partial charge in [-0.2, -0.15) is 0 Å². The fourth-order valence-corrected chi connectivity index (χ4v) is 5.11. The summed E-state index contributed by atoms with van der Waals surface area (Å²) in [7, 11) is 0. The van der Waals surface area contributed by atoms with Crippen molar-refractivity contribution >= 4 is 68.7 Å². The van der Waals surface area contributed by atoms with Gasteiger partial charge in [0.1, 0.15) is 6.54 Å². The van der Waals surface area contributed by atoms with E-state index in [4.69, 9.17) is 11.6 Å². The van der Waals surface area contributed by atoms with Crippen LogP contribution in [0, 0.1) is 6.92 Å². The molecule has 1 unspecified atom stereocenters. The normalized spacial score (nSPS) is 14.1. The Bertz CT molecular complexity index is 1120. The standard InChI is InChI=1S/C20H18ClN5O2S2/c1-11-7-8-13(9-14(11)21)22-19-24-25-20(30-19)29-12(2)18(28)26-10-17(27)23-15-5-3-4-6-16(15)26/h3-9,12H,10H2,1-2H3,(H,22,24)(H,23,27). The van der Waals surface area contributed by atoms with Gasteiger partial charge in [0.05, 0.1) is 16.6 Å². The summed E-state index contributed by atoms with van der Waals surface area (Å²) < 4.78 is 0.659. The molecule has 154 valence electrons. The first-order chi connectivity index (χ1) is 14.4. The summed E-state index contributed by atoms with van der Waals surface area (Å²) in [6, 6.07) is 12.9. The fraction of sp³-hybridized carbons (Fsp3) is 0.200. The van der Waals surface area contributed by atoms with Crippen LogP contribution in [0.25, 0.3) is 0 Å². The zero-order valence-electron chi connectivity index (χ0n) is 16.2. The summed E-state index contributed by atoms with van der Waals surface area (Å²) >= 11 is 8.83. The number of hydrogen-bond donors (Lipinski definition) is 2. The Hall–Kier alpha value is -2.62. The summed E-state index contributed by atoms with van der Waals surface area (Å²) in [4.78, 5) is 26.5. The zero-order valence-corrected chi connectivity index (χ0v) is 18.6. The number of nitrogens with zero attached hydrogens (tertiary/aromatic N) is 3. The minimum Gasteiger partial charge on any atom is -0.330 e. The Morgan fingerprint density at radius 1 is 1.30 bits per heavy atom. The van der Waals surface area contributed by atoms with Crippen LogP contribution < -0.4 is 15.5 Å². The summed E-state index contributed by atoms with van der Waals surface area (Å²) in [6.07, 6.45) is 0. The van der Waals surface area contributed by atoms with Gasteiger partial charge >= 0.3 is 0 Å². The van der Waals surface area contributed by atoms with Crippen molar-refractivity contribution in [1.29, 1.82) is 0 Å². The topological polar surface area (TPSA) is 87.2 Å². The molecule has 30 heavy (non-hydrogen) atoms. The molecule has 0 bridgehead atoms. The number of rotatable bonds is 5. The maximum absolute atomic E-state index is 13.0. The van der Waals surface area contributed by atoms with E-state index >= 15 is 0 Å². The third-order valence-electron chi connectivity index (χ3n) is 4.49. The minimum atomic E-state index is -0.432. The second-order valence-corrected chi connectivity index (χ2v) is 9.68. The van der Waals surface area contributed by atoms with Crippen LogP contribution in [0.1, 0.15) is 12.5 Å². The molecule has 1 aliphatic heterocycles. The number of fused-ring (bicyclic) bond motifs is 1. The first-order valence-electron chi connectivity index (χ1n) is 9.14. The summed E-state index contributed by atoms with van der Waals surface area (Å²) in [5.74, 6) is -0.365. The molecule has 2 N–H and O–H groups in total. The van der Waals surface area contributed by atoms with Crippen molar-refractivity contribution in [2.45, 2.75) is 23.4 Å². The zero-order chi connectivity index (χ0) is 21.3. The lowest BCUT2D eigenvalue weighted by Gasteiger charge is -2.30. The van der Waals surface area contributed by atoms with Crippen LogP contribution in [-0.2, 0) is 9.59 Å². The maximum Gasteiger partial charge on any atom is 0.244 e. The molecule has 0 aliphatic carbocycles. The van der Waals surface area contributed by atoms with Gasteiger partial charge < -0.3 is 10.6 Å². The molecule has 1 aliphatic rings. The number of thioether (sulfide) groups is 1. The highest BCUT2D eigenvalue weighted by atomic mass is 35.5. The van der Waals surface area contributed by atoms with Gasteiger partial charge in [-0.15, -0.1) is 10.2 Å². The molecule has 10 heteroatoms. The Balaban J connectivity index is 1.44.